The van der Waals surface area contributed by atoms with Crippen LogP contribution in [-0.2, 0) is 0 Å². The first-order valence-corrected chi connectivity index (χ1v) is 4.81. The van der Waals surface area contributed by atoms with E-state index in [9.17, 15) is 0 Å². The Morgan fingerprint density at radius 1 is 1.62 bits per heavy atom. The lowest BCUT2D eigenvalue weighted by atomic mass is 10.3. The van der Waals surface area contributed by atoms with Gasteiger partial charge in [-0.15, -0.1) is 0 Å². The van der Waals surface area contributed by atoms with Crippen LogP contribution >= 0.6 is 0 Å². The number of hydrogen-bond donors (Lipinski definition) is 0. The summed E-state index contributed by atoms with van der Waals surface area (Å²) in [5.74, 6) is 2.80. The molecule has 3 nitrogen and oxygen atoms in total. The van der Waals surface area contributed by atoms with Crippen molar-refractivity contribution in [2.24, 2.45) is 5.92 Å². The first-order valence-electron chi connectivity index (χ1n) is 4.81. The number of allylic oxidation sites excluding steroid dienone is 1. The van der Waals surface area contributed by atoms with Gasteiger partial charge in [-0.25, -0.2) is 0 Å². The predicted octanol–water partition coefficient (Wildman–Crippen LogP) is 2.62. The highest BCUT2D eigenvalue weighted by Gasteiger charge is 2.37. The number of nitrogens with zero attached hydrogens (tertiary/aromatic N) is 2. The Morgan fingerprint density at radius 3 is 3.00 bits per heavy atom. The van der Waals surface area contributed by atoms with Crippen molar-refractivity contribution in [1.29, 1.82) is 0 Å². The van der Waals surface area contributed by atoms with Gasteiger partial charge >= 0.3 is 0 Å². The van der Waals surface area contributed by atoms with Crippen LogP contribution < -0.4 is 0 Å². The van der Waals surface area contributed by atoms with Gasteiger partial charge in [0.1, 0.15) is 0 Å². The van der Waals surface area contributed by atoms with Gasteiger partial charge in [0.2, 0.25) is 5.89 Å². The standard InChI is InChI=1S/C10H14N2O/c1-3-4-5-9-11-10(12-13-9)8-6-7(8)2/h4-5,7-8H,3,6H2,1-2H3/b5-4+. The summed E-state index contributed by atoms with van der Waals surface area (Å²) in [5.41, 5.74) is 0. The Bertz CT molecular complexity index is 316. The monoisotopic (exact) mass is 178 g/mol. The first-order chi connectivity index (χ1) is 6.31. The molecular weight excluding hydrogens is 164 g/mol. The molecule has 0 spiro atoms. The summed E-state index contributed by atoms with van der Waals surface area (Å²) >= 11 is 0. The lowest BCUT2D eigenvalue weighted by Crippen LogP contribution is -1.83. The molecule has 1 saturated carbocycles. The summed E-state index contributed by atoms with van der Waals surface area (Å²) in [5, 5.41) is 3.94. The Morgan fingerprint density at radius 2 is 2.38 bits per heavy atom. The van der Waals surface area contributed by atoms with Crippen LogP contribution in [0.1, 0.15) is 44.3 Å². The van der Waals surface area contributed by atoms with Gasteiger partial charge in [-0.2, -0.15) is 4.98 Å². The van der Waals surface area contributed by atoms with E-state index in [-0.39, 0.29) is 0 Å². The highest BCUT2D eigenvalue weighted by Crippen LogP contribution is 2.45. The van der Waals surface area contributed by atoms with Gasteiger partial charge in [0, 0.05) is 5.92 Å². The summed E-state index contributed by atoms with van der Waals surface area (Å²) < 4.78 is 5.07. The molecule has 1 aromatic rings. The van der Waals surface area contributed by atoms with Crippen LogP contribution in [0.15, 0.2) is 10.6 Å². The summed E-state index contributed by atoms with van der Waals surface area (Å²) in [7, 11) is 0. The molecule has 2 atom stereocenters. The molecule has 2 unspecified atom stereocenters. The fraction of sp³-hybridized carbons (Fsp3) is 0.600. The maximum Gasteiger partial charge on any atom is 0.250 e. The molecule has 70 valence electrons. The number of hydrogen-bond acceptors (Lipinski definition) is 3. The lowest BCUT2D eigenvalue weighted by molar-refractivity contribution is 0.402. The van der Waals surface area contributed by atoms with Crippen LogP contribution in [0.3, 0.4) is 0 Å². The summed E-state index contributed by atoms with van der Waals surface area (Å²) in [6.45, 7) is 4.29. The van der Waals surface area contributed by atoms with Gasteiger partial charge in [0.25, 0.3) is 0 Å². The van der Waals surface area contributed by atoms with Crippen LogP contribution in [0, 0.1) is 5.92 Å². The second-order valence-electron chi connectivity index (χ2n) is 3.62. The van der Waals surface area contributed by atoms with E-state index in [4.69, 9.17) is 4.52 Å². The molecule has 0 amide bonds. The third-order valence-corrected chi connectivity index (χ3v) is 2.39. The molecule has 1 aliphatic carbocycles. The van der Waals surface area contributed by atoms with Gasteiger partial charge in [-0.1, -0.05) is 25.1 Å². The first kappa shape index (κ1) is 8.48. The smallest absolute Gasteiger partial charge is 0.250 e. The topological polar surface area (TPSA) is 38.9 Å². The summed E-state index contributed by atoms with van der Waals surface area (Å²) in [4.78, 5) is 4.30. The van der Waals surface area contributed by atoms with Crippen molar-refractivity contribution < 1.29 is 4.52 Å². The second-order valence-corrected chi connectivity index (χ2v) is 3.62. The molecule has 1 aromatic heterocycles. The fourth-order valence-corrected chi connectivity index (χ4v) is 1.37. The molecule has 1 heterocycles. The molecule has 0 aromatic carbocycles. The van der Waals surface area contributed by atoms with Gasteiger partial charge < -0.3 is 4.52 Å². The van der Waals surface area contributed by atoms with Crippen molar-refractivity contribution in [3.05, 3.63) is 17.8 Å². The molecule has 0 saturated heterocycles. The zero-order chi connectivity index (χ0) is 9.26. The van der Waals surface area contributed by atoms with Gasteiger partial charge in [-0.3, -0.25) is 0 Å². The van der Waals surface area contributed by atoms with E-state index < -0.39 is 0 Å². The maximum absolute atomic E-state index is 5.07. The van der Waals surface area contributed by atoms with Gasteiger partial charge in [-0.05, 0) is 24.8 Å². The van der Waals surface area contributed by atoms with Crippen molar-refractivity contribution in [2.45, 2.75) is 32.6 Å². The average Bonchev–Trinajstić information content (AvgIpc) is 2.67. The predicted molar refractivity (Wildman–Crippen MR) is 50.1 cm³/mol. The quantitative estimate of drug-likeness (QED) is 0.714. The Labute approximate surface area is 77.8 Å². The Hall–Kier alpha value is -1.12. The van der Waals surface area contributed by atoms with Crippen molar-refractivity contribution in [2.75, 3.05) is 0 Å². The van der Waals surface area contributed by atoms with E-state index in [1.807, 2.05) is 12.2 Å². The van der Waals surface area contributed by atoms with E-state index in [1.165, 1.54) is 6.42 Å². The number of rotatable bonds is 3. The number of aromatic nitrogens is 2. The van der Waals surface area contributed by atoms with Crippen LogP contribution in [0.4, 0.5) is 0 Å². The minimum absolute atomic E-state index is 0.549. The van der Waals surface area contributed by atoms with E-state index >= 15 is 0 Å². The highest BCUT2D eigenvalue weighted by molar-refractivity contribution is 5.37. The minimum Gasteiger partial charge on any atom is -0.335 e. The maximum atomic E-state index is 5.07. The Kier molecular flexibility index (Phi) is 2.17. The molecule has 1 aliphatic rings. The molecule has 1 fully saturated rings. The van der Waals surface area contributed by atoms with Gasteiger partial charge in [0.15, 0.2) is 5.82 Å². The van der Waals surface area contributed by atoms with Gasteiger partial charge in [0.05, 0.1) is 0 Å². The van der Waals surface area contributed by atoms with Crippen LogP contribution in [-0.4, -0.2) is 10.1 Å². The summed E-state index contributed by atoms with van der Waals surface area (Å²) in [6.07, 6.45) is 6.10. The second kappa shape index (κ2) is 3.32. The van der Waals surface area contributed by atoms with E-state index in [1.54, 1.807) is 0 Å². The van der Waals surface area contributed by atoms with Crippen molar-refractivity contribution in [1.82, 2.24) is 10.1 Å². The third kappa shape index (κ3) is 1.79. The molecule has 2 rings (SSSR count). The molecule has 3 heteroatoms. The SMILES string of the molecule is CC/C=C/c1nc(C2CC2C)no1. The van der Waals surface area contributed by atoms with Crippen LogP contribution in [0.2, 0.25) is 0 Å². The molecule has 0 N–H and O–H groups in total. The van der Waals surface area contributed by atoms with Crippen LogP contribution in [0.5, 0.6) is 0 Å². The van der Waals surface area contributed by atoms with Crippen molar-refractivity contribution >= 4 is 6.08 Å². The molecule has 13 heavy (non-hydrogen) atoms. The molecule has 0 radical (unpaired) electrons. The summed E-state index contributed by atoms with van der Waals surface area (Å²) in [6, 6.07) is 0. The third-order valence-electron chi connectivity index (χ3n) is 2.39. The van der Waals surface area contributed by atoms with E-state index in [2.05, 4.69) is 24.0 Å². The highest BCUT2D eigenvalue weighted by atomic mass is 16.5. The zero-order valence-corrected chi connectivity index (χ0v) is 8.03. The fourth-order valence-electron chi connectivity index (χ4n) is 1.37. The normalized spacial score (nSPS) is 26.9. The lowest BCUT2D eigenvalue weighted by Gasteiger charge is -1.82. The largest absolute Gasteiger partial charge is 0.335 e. The minimum atomic E-state index is 0.549. The Balaban J connectivity index is 2.05. The van der Waals surface area contributed by atoms with Crippen molar-refractivity contribution in [3.63, 3.8) is 0 Å². The molecular formula is C10H14N2O. The molecule has 0 bridgehead atoms. The zero-order valence-electron chi connectivity index (χ0n) is 8.03. The molecule has 0 aliphatic heterocycles. The van der Waals surface area contributed by atoms with Crippen molar-refractivity contribution in [3.8, 4) is 0 Å². The van der Waals surface area contributed by atoms with E-state index in [0.29, 0.717) is 11.8 Å². The van der Waals surface area contributed by atoms with Crippen LogP contribution in [0.25, 0.3) is 6.08 Å². The average molecular weight is 178 g/mol. The van der Waals surface area contributed by atoms with E-state index in [0.717, 1.165) is 18.2 Å².